The van der Waals surface area contributed by atoms with Crippen LogP contribution in [0.3, 0.4) is 0 Å². The normalized spacial score (nSPS) is 12.2. The van der Waals surface area contributed by atoms with Crippen LogP contribution in [0.5, 0.6) is 0 Å². The summed E-state index contributed by atoms with van der Waals surface area (Å²) in [5.74, 6) is 0. The molecule has 2 N–H and O–H groups in total. The average Bonchev–Trinajstić information content (AvgIpc) is 2.15. The van der Waals surface area contributed by atoms with Gasteiger partial charge in [-0.2, -0.15) is 0 Å². The van der Waals surface area contributed by atoms with Crippen molar-refractivity contribution in [2.45, 2.75) is 6.04 Å². The Hall–Kier alpha value is -0.580. The fourth-order valence-electron chi connectivity index (χ4n) is 1.07. The third-order valence-corrected chi connectivity index (χ3v) is 1.93. The number of thiocarbonyl (C=S) groups is 1. The summed E-state index contributed by atoms with van der Waals surface area (Å²) in [4.78, 5) is 0. The molecule has 1 aromatic carbocycles. The molecule has 1 aromatic rings. The van der Waals surface area contributed by atoms with E-state index in [1.807, 2.05) is 30.3 Å². The first kappa shape index (κ1) is 10.5. The summed E-state index contributed by atoms with van der Waals surface area (Å²) in [6, 6.07) is 9.46. The Kier molecular flexibility index (Phi) is 4.21. The minimum absolute atomic E-state index is 0.00468. The lowest BCUT2D eigenvalue weighted by molar-refractivity contribution is 0.258. The second kappa shape index (κ2) is 5.21. The van der Waals surface area contributed by atoms with Gasteiger partial charge in [0.25, 0.3) is 0 Å². The lowest BCUT2D eigenvalue weighted by Crippen LogP contribution is -2.26. The minimum atomic E-state index is -0.161. The lowest BCUT2D eigenvalue weighted by Gasteiger charge is -2.15. The standard InChI is InChI=1S/C9H11NOS2/c11-6-8(10-9(12)13)7-4-2-1-3-5-7/h1-5,8,11H,6H2,(H2,10,12,13)/t8-/m0/s1. The van der Waals surface area contributed by atoms with Crippen molar-refractivity contribution in [2.24, 2.45) is 0 Å². The van der Waals surface area contributed by atoms with E-state index in [1.165, 1.54) is 0 Å². The molecule has 0 fully saturated rings. The van der Waals surface area contributed by atoms with E-state index in [-0.39, 0.29) is 12.6 Å². The lowest BCUT2D eigenvalue weighted by atomic mass is 10.1. The van der Waals surface area contributed by atoms with Crippen molar-refractivity contribution >= 4 is 29.2 Å². The van der Waals surface area contributed by atoms with E-state index < -0.39 is 0 Å². The van der Waals surface area contributed by atoms with E-state index in [4.69, 9.17) is 17.3 Å². The van der Waals surface area contributed by atoms with Crippen molar-refractivity contribution in [1.29, 1.82) is 0 Å². The summed E-state index contributed by atoms with van der Waals surface area (Å²) in [7, 11) is 0. The summed E-state index contributed by atoms with van der Waals surface area (Å²) >= 11 is 8.73. The van der Waals surface area contributed by atoms with Crippen LogP contribution in [0.15, 0.2) is 30.3 Å². The van der Waals surface area contributed by atoms with Crippen molar-refractivity contribution in [1.82, 2.24) is 5.32 Å². The maximum atomic E-state index is 9.07. The van der Waals surface area contributed by atoms with E-state index >= 15 is 0 Å². The van der Waals surface area contributed by atoms with Crippen LogP contribution < -0.4 is 5.32 Å². The molecule has 0 saturated heterocycles. The number of nitrogens with one attached hydrogen (secondary N) is 1. The van der Waals surface area contributed by atoms with Gasteiger partial charge in [0.2, 0.25) is 0 Å². The van der Waals surface area contributed by atoms with Crippen molar-refractivity contribution in [3.8, 4) is 0 Å². The number of benzene rings is 1. The molecule has 1 atom stereocenters. The molecule has 0 bridgehead atoms. The van der Waals surface area contributed by atoms with Gasteiger partial charge in [0.15, 0.2) is 0 Å². The van der Waals surface area contributed by atoms with Gasteiger partial charge in [-0.1, -0.05) is 42.5 Å². The first-order valence-electron chi connectivity index (χ1n) is 3.89. The quantitative estimate of drug-likeness (QED) is 0.526. The van der Waals surface area contributed by atoms with Crippen molar-refractivity contribution in [3.63, 3.8) is 0 Å². The summed E-state index contributed by atoms with van der Waals surface area (Å²) < 4.78 is 0.392. The molecule has 13 heavy (non-hydrogen) atoms. The second-order valence-corrected chi connectivity index (χ2v) is 3.75. The van der Waals surface area contributed by atoms with Gasteiger partial charge in [-0.15, -0.1) is 12.6 Å². The van der Waals surface area contributed by atoms with Gasteiger partial charge in [-0.05, 0) is 5.56 Å². The van der Waals surface area contributed by atoms with Crippen LogP contribution in [-0.2, 0) is 0 Å². The Morgan fingerprint density at radius 1 is 1.46 bits per heavy atom. The molecule has 70 valence electrons. The Labute approximate surface area is 88.4 Å². The maximum absolute atomic E-state index is 9.07. The van der Waals surface area contributed by atoms with E-state index in [0.717, 1.165) is 5.56 Å². The van der Waals surface area contributed by atoms with Crippen LogP contribution in [0.4, 0.5) is 0 Å². The van der Waals surface area contributed by atoms with Crippen LogP contribution in [0.1, 0.15) is 11.6 Å². The molecule has 0 aromatic heterocycles. The molecule has 0 aliphatic heterocycles. The minimum Gasteiger partial charge on any atom is -0.394 e. The highest BCUT2D eigenvalue weighted by molar-refractivity contribution is 8.11. The Bertz CT molecular complexity index is 276. The molecule has 0 unspecified atom stereocenters. The first-order valence-corrected chi connectivity index (χ1v) is 4.75. The first-order chi connectivity index (χ1) is 6.24. The van der Waals surface area contributed by atoms with Gasteiger partial charge in [0.1, 0.15) is 4.32 Å². The Balaban J connectivity index is 2.73. The summed E-state index contributed by atoms with van der Waals surface area (Å²) in [5.41, 5.74) is 1.00. The predicted octanol–water partition coefficient (Wildman–Crippen LogP) is 1.52. The second-order valence-electron chi connectivity index (χ2n) is 2.60. The molecule has 0 aliphatic rings. The summed E-state index contributed by atoms with van der Waals surface area (Å²) in [6.07, 6.45) is 0. The van der Waals surface area contributed by atoms with Gasteiger partial charge in [0.05, 0.1) is 12.6 Å². The Morgan fingerprint density at radius 2 is 2.08 bits per heavy atom. The highest BCUT2D eigenvalue weighted by Gasteiger charge is 2.08. The third-order valence-electron chi connectivity index (χ3n) is 1.68. The SMILES string of the molecule is OC[C@H](NC(=S)S)c1ccccc1. The molecule has 0 saturated carbocycles. The zero-order chi connectivity index (χ0) is 9.68. The fraction of sp³-hybridized carbons (Fsp3) is 0.222. The van der Waals surface area contributed by atoms with E-state index in [2.05, 4.69) is 17.9 Å². The van der Waals surface area contributed by atoms with Crippen molar-refractivity contribution in [2.75, 3.05) is 6.61 Å². The zero-order valence-electron chi connectivity index (χ0n) is 6.97. The van der Waals surface area contributed by atoms with Crippen LogP contribution in [0, 0.1) is 0 Å². The highest BCUT2D eigenvalue weighted by atomic mass is 32.1. The van der Waals surface area contributed by atoms with E-state index in [0.29, 0.717) is 4.32 Å². The van der Waals surface area contributed by atoms with Gasteiger partial charge < -0.3 is 10.4 Å². The Morgan fingerprint density at radius 3 is 2.54 bits per heavy atom. The topological polar surface area (TPSA) is 32.3 Å². The molecular formula is C9H11NOS2. The monoisotopic (exact) mass is 213 g/mol. The third kappa shape index (κ3) is 3.34. The van der Waals surface area contributed by atoms with Crippen molar-refractivity contribution < 1.29 is 5.11 Å². The largest absolute Gasteiger partial charge is 0.394 e. The van der Waals surface area contributed by atoms with Crippen molar-refractivity contribution in [3.05, 3.63) is 35.9 Å². The number of aliphatic hydroxyl groups is 1. The summed E-state index contributed by atoms with van der Waals surface area (Å²) in [6.45, 7) is 0.00468. The molecule has 4 heteroatoms. The molecule has 0 radical (unpaired) electrons. The van der Waals surface area contributed by atoms with Gasteiger partial charge in [0, 0.05) is 0 Å². The van der Waals surface area contributed by atoms with Gasteiger partial charge >= 0.3 is 0 Å². The van der Waals surface area contributed by atoms with E-state index in [9.17, 15) is 0 Å². The van der Waals surface area contributed by atoms with E-state index in [1.54, 1.807) is 0 Å². The number of thiol groups is 1. The van der Waals surface area contributed by atoms with Crippen LogP contribution in [0.25, 0.3) is 0 Å². The van der Waals surface area contributed by atoms with Crippen LogP contribution >= 0.6 is 24.8 Å². The van der Waals surface area contributed by atoms with Crippen LogP contribution in [0.2, 0.25) is 0 Å². The summed E-state index contributed by atoms with van der Waals surface area (Å²) in [5, 5.41) is 12.0. The fourth-order valence-corrected chi connectivity index (χ4v) is 1.37. The maximum Gasteiger partial charge on any atom is 0.131 e. The van der Waals surface area contributed by atoms with Gasteiger partial charge in [-0.25, -0.2) is 0 Å². The molecule has 0 heterocycles. The molecule has 0 spiro atoms. The molecule has 2 nitrogen and oxygen atoms in total. The number of rotatable bonds is 3. The predicted molar refractivity (Wildman–Crippen MR) is 61.0 cm³/mol. The highest BCUT2D eigenvalue weighted by Crippen LogP contribution is 2.11. The average molecular weight is 213 g/mol. The number of hydrogen-bond donors (Lipinski definition) is 3. The number of aliphatic hydroxyl groups excluding tert-OH is 1. The zero-order valence-corrected chi connectivity index (χ0v) is 8.68. The van der Waals surface area contributed by atoms with Crippen LogP contribution in [-0.4, -0.2) is 16.0 Å². The molecule has 0 amide bonds. The smallest absolute Gasteiger partial charge is 0.131 e. The molecule has 1 rings (SSSR count). The number of hydrogen-bond acceptors (Lipinski definition) is 2. The van der Waals surface area contributed by atoms with Gasteiger partial charge in [-0.3, -0.25) is 0 Å². The molecular weight excluding hydrogens is 202 g/mol. The molecule has 0 aliphatic carbocycles.